The molecule has 0 unspecified atom stereocenters. The second kappa shape index (κ2) is 6.33. The number of nitrogens with one attached hydrogen (secondary N) is 1. The van der Waals surface area contributed by atoms with Crippen molar-refractivity contribution in [3.63, 3.8) is 0 Å². The van der Waals surface area contributed by atoms with Gasteiger partial charge < -0.3 is 14.8 Å². The quantitative estimate of drug-likeness (QED) is 0.461. The lowest BCUT2D eigenvalue weighted by Crippen LogP contribution is -2.16. The van der Waals surface area contributed by atoms with E-state index in [1.54, 1.807) is 12.1 Å². The van der Waals surface area contributed by atoms with Gasteiger partial charge in [0.25, 0.3) is 0 Å². The molecule has 1 fully saturated rings. The number of hydrogen-bond donors (Lipinski definition) is 1. The third-order valence-corrected chi connectivity index (χ3v) is 2.97. The minimum atomic E-state index is -0.583. The van der Waals surface area contributed by atoms with Gasteiger partial charge in [-0.25, -0.2) is 4.79 Å². The SMILES string of the molecule is COC(=O)COc1cc(CNC2CC2)ccc1[N+](=O)[O-]. The molecule has 0 heterocycles. The van der Waals surface area contributed by atoms with Crippen molar-refractivity contribution in [1.82, 2.24) is 5.32 Å². The maximum atomic E-state index is 11.0. The number of carbonyl (C=O) groups excluding carboxylic acids is 1. The summed E-state index contributed by atoms with van der Waals surface area (Å²) in [4.78, 5) is 21.4. The monoisotopic (exact) mass is 280 g/mol. The summed E-state index contributed by atoms with van der Waals surface area (Å²) in [6.07, 6.45) is 2.33. The van der Waals surface area contributed by atoms with E-state index >= 15 is 0 Å². The highest BCUT2D eigenvalue weighted by Crippen LogP contribution is 2.28. The van der Waals surface area contributed by atoms with E-state index in [4.69, 9.17) is 4.74 Å². The van der Waals surface area contributed by atoms with Crippen LogP contribution in [0.2, 0.25) is 0 Å². The number of hydrogen-bond acceptors (Lipinski definition) is 6. The van der Waals surface area contributed by atoms with Gasteiger partial charge in [0.2, 0.25) is 0 Å². The molecule has 1 saturated carbocycles. The maximum absolute atomic E-state index is 11.0. The predicted octanol–water partition coefficient (Wildman–Crippen LogP) is 1.40. The number of benzene rings is 1. The number of nitro groups is 1. The third-order valence-electron chi connectivity index (χ3n) is 2.97. The lowest BCUT2D eigenvalue weighted by Gasteiger charge is -2.08. The van der Waals surface area contributed by atoms with Crippen molar-refractivity contribution in [2.45, 2.75) is 25.4 Å². The molecule has 1 N–H and O–H groups in total. The molecule has 0 spiro atoms. The van der Waals surface area contributed by atoms with Crippen LogP contribution in [0.4, 0.5) is 5.69 Å². The van der Waals surface area contributed by atoms with E-state index in [1.165, 1.54) is 26.0 Å². The Morgan fingerprint density at radius 3 is 2.85 bits per heavy atom. The number of ether oxygens (including phenoxy) is 2. The van der Waals surface area contributed by atoms with E-state index < -0.39 is 10.9 Å². The highest BCUT2D eigenvalue weighted by Gasteiger charge is 2.21. The van der Waals surface area contributed by atoms with Gasteiger partial charge in [-0.1, -0.05) is 6.07 Å². The van der Waals surface area contributed by atoms with E-state index in [9.17, 15) is 14.9 Å². The molecule has 0 atom stereocenters. The third kappa shape index (κ3) is 3.92. The number of rotatable bonds is 7. The first kappa shape index (κ1) is 14.3. The first-order chi connectivity index (χ1) is 9.60. The number of carbonyl (C=O) groups is 1. The number of nitrogens with zero attached hydrogens (tertiary/aromatic N) is 1. The van der Waals surface area contributed by atoms with Crippen molar-refractivity contribution in [2.75, 3.05) is 13.7 Å². The summed E-state index contributed by atoms with van der Waals surface area (Å²) in [6.45, 7) is 0.272. The van der Waals surface area contributed by atoms with Crippen molar-refractivity contribution in [1.29, 1.82) is 0 Å². The van der Waals surface area contributed by atoms with Crippen LogP contribution >= 0.6 is 0 Å². The number of nitro benzene ring substituents is 1. The Kier molecular flexibility index (Phi) is 4.52. The Morgan fingerprint density at radius 2 is 2.25 bits per heavy atom. The van der Waals surface area contributed by atoms with Gasteiger partial charge in [-0.2, -0.15) is 0 Å². The molecule has 0 bridgehead atoms. The number of methoxy groups -OCH3 is 1. The van der Waals surface area contributed by atoms with Crippen molar-refractivity contribution in [2.24, 2.45) is 0 Å². The summed E-state index contributed by atoms with van der Waals surface area (Å²) >= 11 is 0. The van der Waals surface area contributed by atoms with Crippen LogP contribution in [0.1, 0.15) is 18.4 Å². The highest BCUT2D eigenvalue weighted by molar-refractivity contribution is 5.71. The summed E-state index contributed by atoms with van der Waals surface area (Å²) < 4.78 is 9.61. The maximum Gasteiger partial charge on any atom is 0.343 e. The van der Waals surface area contributed by atoms with E-state index in [2.05, 4.69) is 10.1 Å². The molecule has 0 aromatic heterocycles. The van der Waals surface area contributed by atoms with E-state index in [0.717, 1.165) is 5.56 Å². The molecule has 1 aliphatic rings. The van der Waals surface area contributed by atoms with Crippen LogP contribution in [0.25, 0.3) is 0 Å². The molecule has 0 aliphatic heterocycles. The largest absolute Gasteiger partial charge is 0.475 e. The summed E-state index contributed by atoms with van der Waals surface area (Å²) in [6, 6.07) is 5.19. The van der Waals surface area contributed by atoms with E-state index in [0.29, 0.717) is 12.6 Å². The smallest absolute Gasteiger partial charge is 0.343 e. The van der Waals surface area contributed by atoms with E-state index in [1.807, 2.05) is 0 Å². The summed E-state index contributed by atoms with van der Waals surface area (Å²) in [5.41, 5.74) is 0.714. The van der Waals surface area contributed by atoms with Crippen LogP contribution in [0, 0.1) is 10.1 Å². The fourth-order valence-electron chi connectivity index (χ4n) is 1.68. The predicted molar refractivity (Wildman–Crippen MR) is 70.5 cm³/mol. The van der Waals surface area contributed by atoms with Crippen molar-refractivity contribution >= 4 is 11.7 Å². The van der Waals surface area contributed by atoms with Gasteiger partial charge in [-0.05, 0) is 24.5 Å². The molecule has 108 valence electrons. The lowest BCUT2D eigenvalue weighted by atomic mass is 10.2. The standard InChI is InChI=1S/C13H16N2O5/c1-19-13(16)8-20-12-6-9(7-14-10-3-4-10)2-5-11(12)15(17)18/h2,5-6,10,14H,3-4,7-8H2,1H3. The molecule has 0 amide bonds. The van der Waals surface area contributed by atoms with Gasteiger partial charge in [0.15, 0.2) is 12.4 Å². The normalized spacial score (nSPS) is 13.8. The van der Waals surface area contributed by atoms with Crippen LogP contribution < -0.4 is 10.1 Å². The average Bonchev–Trinajstić information content (AvgIpc) is 3.26. The number of esters is 1. The van der Waals surface area contributed by atoms with Crippen LogP contribution in [-0.2, 0) is 16.1 Å². The zero-order valence-corrected chi connectivity index (χ0v) is 11.1. The Labute approximate surface area is 116 Å². The topological polar surface area (TPSA) is 90.7 Å². The Balaban J connectivity index is 2.08. The second-order valence-corrected chi connectivity index (χ2v) is 4.58. The van der Waals surface area contributed by atoms with Gasteiger partial charge in [0, 0.05) is 18.7 Å². The molecule has 1 aliphatic carbocycles. The molecule has 1 aromatic rings. The molecule has 0 radical (unpaired) electrons. The minimum absolute atomic E-state index is 0.0792. The lowest BCUT2D eigenvalue weighted by molar-refractivity contribution is -0.385. The van der Waals surface area contributed by atoms with Gasteiger partial charge in [-0.3, -0.25) is 10.1 Å². The van der Waals surface area contributed by atoms with Crippen LogP contribution in [0.5, 0.6) is 5.75 Å². The fraction of sp³-hybridized carbons (Fsp3) is 0.462. The molecule has 20 heavy (non-hydrogen) atoms. The van der Waals surface area contributed by atoms with Crippen LogP contribution in [-0.4, -0.2) is 30.7 Å². The van der Waals surface area contributed by atoms with Gasteiger partial charge in [0.05, 0.1) is 12.0 Å². The van der Waals surface area contributed by atoms with Gasteiger partial charge in [-0.15, -0.1) is 0 Å². The summed E-state index contributed by atoms with van der Waals surface area (Å²) in [7, 11) is 1.23. The highest BCUT2D eigenvalue weighted by atomic mass is 16.6. The first-order valence-corrected chi connectivity index (χ1v) is 6.30. The molecular weight excluding hydrogens is 264 g/mol. The zero-order chi connectivity index (χ0) is 14.5. The van der Waals surface area contributed by atoms with Gasteiger partial charge in [0.1, 0.15) is 0 Å². The molecule has 0 saturated heterocycles. The Hall–Kier alpha value is -2.15. The first-order valence-electron chi connectivity index (χ1n) is 6.30. The molecule has 1 aromatic carbocycles. The summed E-state index contributed by atoms with van der Waals surface area (Å²) in [5.74, 6) is -0.503. The van der Waals surface area contributed by atoms with Crippen molar-refractivity contribution in [3.8, 4) is 5.75 Å². The summed E-state index contributed by atoms with van der Waals surface area (Å²) in [5, 5.41) is 14.2. The minimum Gasteiger partial charge on any atom is -0.475 e. The van der Waals surface area contributed by atoms with Crippen LogP contribution in [0.3, 0.4) is 0 Å². The van der Waals surface area contributed by atoms with Crippen molar-refractivity contribution in [3.05, 3.63) is 33.9 Å². The Bertz CT molecular complexity index is 513. The Morgan fingerprint density at radius 1 is 1.50 bits per heavy atom. The van der Waals surface area contributed by atoms with E-state index in [-0.39, 0.29) is 18.0 Å². The van der Waals surface area contributed by atoms with Gasteiger partial charge >= 0.3 is 11.7 Å². The molecule has 2 rings (SSSR count). The van der Waals surface area contributed by atoms with Crippen LogP contribution in [0.15, 0.2) is 18.2 Å². The fourth-order valence-corrected chi connectivity index (χ4v) is 1.68. The zero-order valence-electron chi connectivity index (χ0n) is 11.1. The van der Waals surface area contributed by atoms with Crippen molar-refractivity contribution < 1.29 is 19.2 Å². The second-order valence-electron chi connectivity index (χ2n) is 4.58. The average molecular weight is 280 g/mol. The molecule has 7 nitrogen and oxygen atoms in total. The molecular formula is C13H16N2O5. The molecule has 7 heteroatoms.